The molecule has 5 aromatic rings. The van der Waals surface area contributed by atoms with Crippen LogP contribution >= 0.6 is 0 Å². The smallest absolute Gasteiger partial charge is 0.273 e. The number of carbonyl (C=O) groups is 1. The number of nitro groups is 1. The summed E-state index contributed by atoms with van der Waals surface area (Å²) in [6.07, 6.45) is 0. The average molecular weight is 449 g/mol. The average Bonchev–Trinajstić information content (AvgIpc) is 3.29. The van der Waals surface area contributed by atoms with E-state index in [0.717, 1.165) is 11.1 Å². The SMILES string of the molecule is O=C(Nc1ccccc1-c1nc2ccc([N+](=O)[O-])cc2o1)C(c1ccccc1)c1ccccc1. The van der Waals surface area contributed by atoms with Crippen LogP contribution in [0.3, 0.4) is 0 Å². The lowest BCUT2D eigenvalue weighted by molar-refractivity contribution is -0.384. The summed E-state index contributed by atoms with van der Waals surface area (Å²) in [6.45, 7) is 0. The number of nitrogens with zero attached hydrogens (tertiary/aromatic N) is 2. The maximum atomic E-state index is 13.6. The topological polar surface area (TPSA) is 98.3 Å². The van der Waals surface area contributed by atoms with Crippen LogP contribution in [0.5, 0.6) is 0 Å². The largest absolute Gasteiger partial charge is 0.436 e. The molecule has 1 amide bonds. The van der Waals surface area contributed by atoms with Gasteiger partial charge in [-0.05, 0) is 29.3 Å². The van der Waals surface area contributed by atoms with Crippen molar-refractivity contribution in [2.24, 2.45) is 0 Å². The Balaban J connectivity index is 1.51. The van der Waals surface area contributed by atoms with Gasteiger partial charge in [0.1, 0.15) is 5.52 Å². The van der Waals surface area contributed by atoms with E-state index < -0.39 is 10.8 Å². The first-order chi connectivity index (χ1) is 16.6. The molecule has 34 heavy (non-hydrogen) atoms. The number of benzene rings is 4. The molecule has 0 atom stereocenters. The van der Waals surface area contributed by atoms with Crippen molar-refractivity contribution in [2.75, 3.05) is 5.32 Å². The van der Waals surface area contributed by atoms with E-state index in [2.05, 4.69) is 10.3 Å². The summed E-state index contributed by atoms with van der Waals surface area (Å²) in [4.78, 5) is 28.6. The van der Waals surface area contributed by atoms with Gasteiger partial charge in [0.05, 0.1) is 28.2 Å². The van der Waals surface area contributed by atoms with E-state index in [1.54, 1.807) is 18.2 Å². The molecule has 4 aromatic carbocycles. The highest BCUT2D eigenvalue weighted by Crippen LogP contribution is 2.33. The number of hydrogen-bond donors (Lipinski definition) is 1. The zero-order valence-electron chi connectivity index (χ0n) is 17.9. The van der Waals surface area contributed by atoms with Crippen LogP contribution in [-0.2, 0) is 4.79 Å². The first-order valence-corrected chi connectivity index (χ1v) is 10.7. The number of rotatable bonds is 6. The second kappa shape index (κ2) is 8.99. The number of non-ortho nitro benzene ring substituents is 1. The minimum atomic E-state index is -0.512. The van der Waals surface area contributed by atoms with Gasteiger partial charge >= 0.3 is 0 Å². The van der Waals surface area contributed by atoms with Crippen LogP contribution in [0.2, 0.25) is 0 Å². The van der Waals surface area contributed by atoms with Crippen molar-refractivity contribution < 1.29 is 14.1 Å². The Bertz CT molecular complexity index is 1440. The number of nitrogens with one attached hydrogen (secondary N) is 1. The minimum Gasteiger partial charge on any atom is -0.436 e. The molecule has 0 unspecified atom stereocenters. The summed E-state index contributed by atoms with van der Waals surface area (Å²) in [7, 11) is 0. The van der Waals surface area contributed by atoms with Gasteiger partial charge in [0, 0.05) is 6.07 Å². The first-order valence-electron chi connectivity index (χ1n) is 10.7. The minimum absolute atomic E-state index is 0.0784. The first kappa shape index (κ1) is 21.1. The third-order valence-corrected chi connectivity index (χ3v) is 5.53. The third kappa shape index (κ3) is 4.14. The van der Waals surface area contributed by atoms with E-state index in [1.807, 2.05) is 72.8 Å². The molecule has 166 valence electrons. The summed E-state index contributed by atoms with van der Waals surface area (Å²) in [5.74, 6) is -0.444. The van der Waals surface area contributed by atoms with Crippen molar-refractivity contribution in [3.05, 3.63) is 124 Å². The van der Waals surface area contributed by atoms with Crippen molar-refractivity contribution in [3.8, 4) is 11.5 Å². The predicted octanol–water partition coefficient (Wildman–Crippen LogP) is 6.17. The van der Waals surface area contributed by atoms with Gasteiger partial charge in [0.25, 0.3) is 5.69 Å². The maximum Gasteiger partial charge on any atom is 0.273 e. The molecule has 0 aliphatic rings. The monoisotopic (exact) mass is 449 g/mol. The van der Waals surface area contributed by atoms with Gasteiger partial charge in [-0.15, -0.1) is 0 Å². The molecule has 0 fully saturated rings. The molecule has 1 N–H and O–H groups in total. The van der Waals surface area contributed by atoms with E-state index in [9.17, 15) is 14.9 Å². The van der Waals surface area contributed by atoms with E-state index in [0.29, 0.717) is 22.4 Å². The molecule has 7 heteroatoms. The Kier molecular flexibility index (Phi) is 5.58. The number of carbonyl (C=O) groups excluding carboxylic acids is 1. The number of para-hydroxylation sites is 1. The fraction of sp³-hybridized carbons (Fsp3) is 0.0370. The molecule has 1 aromatic heterocycles. The molecule has 0 radical (unpaired) electrons. The van der Waals surface area contributed by atoms with Gasteiger partial charge in [-0.3, -0.25) is 14.9 Å². The summed E-state index contributed by atoms with van der Waals surface area (Å²) in [5.41, 5.74) is 3.58. The van der Waals surface area contributed by atoms with E-state index in [-0.39, 0.29) is 17.5 Å². The Hall–Kier alpha value is -4.78. The fourth-order valence-electron chi connectivity index (χ4n) is 3.91. The van der Waals surface area contributed by atoms with Crippen LogP contribution < -0.4 is 5.32 Å². The molecule has 7 nitrogen and oxygen atoms in total. The lowest BCUT2D eigenvalue weighted by atomic mass is 9.90. The maximum absolute atomic E-state index is 13.6. The molecule has 0 saturated carbocycles. The molecule has 5 rings (SSSR count). The molecule has 0 saturated heterocycles. The molecular formula is C27H19N3O4. The van der Waals surface area contributed by atoms with Gasteiger partial charge in [0.15, 0.2) is 5.58 Å². The van der Waals surface area contributed by atoms with E-state index in [4.69, 9.17) is 4.42 Å². The lowest BCUT2D eigenvalue weighted by Gasteiger charge is -2.19. The van der Waals surface area contributed by atoms with Crippen LogP contribution in [0, 0.1) is 10.1 Å². The zero-order valence-corrected chi connectivity index (χ0v) is 17.9. The molecule has 0 bridgehead atoms. The molecule has 0 aliphatic heterocycles. The van der Waals surface area contributed by atoms with E-state index >= 15 is 0 Å². The van der Waals surface area contributed by atoms with Crippen LogP contribution in [0.25, 0.3) is 22.6 Å². The molecular weight excluding hydrogens is 430 g/mol. The van der Waals surface area contributed by atoms with Gasteiger partial charge in [-0.2, -0.15) is 0 Å². The quantitative estimate of drug-likeness (QED) is 0.247. The summed E-state index contributed by atoms with van der Waals surface area (Å²) < 4.78 is 5.83. The number of nitro benzene ring substituents is 1. The number of oxazole rings is 1. The van der Waals surface area contributed by atoms with Gasteiger partial charge in [-0.1, -0.05) is 72.8 Å². The fourth-order valence-corrected chi connectivity index (χ4v) is 3.91. The Morgan fingerprint density at radius 2 is 1.47 bits per heavy atom. The lowest BCUT2D eigenvalue weighted by Crippen LogP contribution is -2.22. The summed E-state index contributed by atoms with van der Waals surface area (Å²) >= 11 is 0. The summed E-state index contributed by atoms with van der Waals surface area (Å²) in [6, 6.07) is 30.6. The van der Waals surface area contributed by atoms with E-state index in [1.165, 1.54) is 12.1 Å². The van der Waals surface area contributed by atoms with Crippen molar-refractivity contribution >= 4 is 28.4 Å². The third-order valence-electron chi connectivity index (χ3n) is 5.53. The Morgan fingerprint density at radius 1 is 0.853 bits per heavy atom. The predicted molar refractivity (Wildman–Crippen MR) is 129 cm³/mol. The number of aromatic nitrogens is 1. The van der Waals surface area contributed by atoms with Gasteiger partial charge < -0.3 is 9.73 Å². The Labute approximate surface area is 194 Å². The molecule has 0 aliphatic carbocycles. The highest BCUT2D eigenvalue weighted by atomic mass is 16.6. The molecule has 1 heterocycles. The highest BCUT2D eigenvalue weighted by Gasteiger charge is 2.24. The second-order valence-corrected chi connectivity index (χ2v) is 7.72. The number of anilines is 1. The van der Waals surface area contributed by atoms with Crippen LogP contribution in [-0.4, -0.2) is 15.8 Å². The van der Waals surface area contributed by atoms with Crippen molar-refractivity contribution in [2.45, 2.75) is 5.92 Å². The van der Waals surface area contributed by atoms with Crippen molar-refractivity contribution in [1.29, 1.82) is 0 Å². The summed E-state index contributed by atoms with van der Waals surface area (Å²) in [5, 5.41) is 14.1. The highest BCUT2D eigenvalue weighted by molar-refractivity contribution is 6.00. The van der Waals surface area contributed by atoms with Crippen LogP contribution in [0.15, 0.2) is 108 Å². The standard InChI is InChI=1S/C27H19N3O4/c31-26(25(18-9-3-1-4-10-18)19-11-5-2-6-12-19)28-22-14-8-7-13-21(22)27-29-23-16-15-20(30(32)33)17-24(23)34-27/h1-17,25H,(H,28,31). The zero-order chi connectivity index (χ0) is 23.5. The van der Waals surface area contributed by atoms with Crippen LogP contribution in [0.4, 0.5) is 11.4 Å². The Morgan fingerprint density at radius 3 is 2.12 bits per heavy atom. The van der Waals surface area contributed by atoms with Crippen molar-refractivity contribution in [1.82, 2.24) is 4.98 Å². The van der Waals surface area contributed by atoms with Crippen molar-refractivity contribution in [3.63, 3.8) is 0 Å². The van der Waals surface area contributed by atoms with Gasteiger partial charge in [-0.25, -0.2) is 4.98 Å². The number of amides is 1. The normalized spacial score (nSPS) is 11.0. The number of hydrogen-bond acceptors (Lipinski definition) is 5. The molecule has 0 spiro atoms. The second-order valence-electron chi connectivity index (χ2n) is 7.72. The van der Waals surface area contributed by atoms with Gasteiger partial charge in [0.2, 0.25) is 11.8 Å². The number of fused-ring (bicyclic) bond motifs is 1. The van der Waals surface area contributed by atoms with Crippen LogP contribution in [0.1, 0.15) is 17.0 Å².